The first-order chi connectivity index (χ1) is 4.84. The quantitative estimate of drug-likeness (QED) is 0.449. The third-order valence-electron chi connectivity index (χ3n) is 1.19. The SMILES string of the molecule is C=NN(C)c1ccccn1. The molecule has 0 atom stereocenters. The van der Waals surface area contributed by atoms with Gasteiger partial charge in [-0.05, 0) is 12.1 Å². The van der Waals surface area contributed by atoms with Gasteiger partial charge >= 0.3 is 0 Å². The molecule has 0 saturated carbocycles. The lowest BCUT2D eigenvalue weighted by molar-refractivity contribution is 0.987. The van der Waals surface area contributed by atoms with Crippen LogP contribution in [0, 0.1) is 0 Å². The van der Waals surface area contributed by atoms with Crippen molar-refractivity contribution in [3.63, 3.8) is 0 Å². The number of pyridine rings is 1. The Balaban J connectivity index is 2.84. The van der Waals surface area contributed by atoms with Crippen LogP contribution in [-0.4, -0.2) is 18.7 Å². The second kappa shape index (κ2) is 2.96. The van der Waals surface area contributed by atoms with E-state index in [2.05, 4.69) is 16.8 Å². The molecule has 3 nitrogen and oxygen atoms in total. The van der Waals surface area contributed by atoms with E-state index in [9.17, 15) is 0 Å². The van der Waals surface area contributed by atoms with Crippen LogP contribution >= 0.6 is 0 Å². The summed E-state index contributed by atoms with van der Waals surface area (Å²) in [6, 6.07) is 5.64. The van der Waals surface area contributed by atoms with Gasteiger partial charge in [0.15, 0.2) is 0 Å². The third-order valence-corrected chi connectivity index (χ3v) is 1.19. The highest BCUT2D eigenvalue weighted by molar-refractivity contribution is 5.39. The number of anilines is 1. The summed E-state index contributed by atoms with van der Waals surface area (Å²) in [5.74, 6) is 0.803. The van der Waals surface area contributed by atoms with Gasteiger partial charge in [-0.25, -0.2) is 4.98 Å². The van der Waals surface area contributed by atoms with Crippen molar-refractivity contribution in [3.05, 3.63) is 24.4 Å². The lowest BCUT2D eigenvalue weighted by atomic mass is 10.5. The van der Waals surface area contributed by atoms with Crippen molar-refractivity contribution in [2.75, 3.05) is 12.1 Å². The lowest BCUT2D eigenvalue weighted by Crippen LogP contribution is -2.08. The molecule has 0 aromatic carbocycles. The first-order valence-corrected chi connectivity index (χ1v) is 2.96. The topological polar surface area (TPSA) is 28.5 Å². The number of hydrogen-bond acceptors (Lipinski definition) is 3. The largest absolute Gasteiger partial charge is 0.252 e. The minimum Gasteiger partial charge on any atom is -0.252 e. The number of hydrazone groups is 1. The van der Waals surface area contributed by atoms with Crippen molar-refractivity contribution in [1.82, 2.24) is 4.98 Å². The number of hydrogen-bond donors (Lipinski definition) is 0. The Morgan fingerprint density at radius 3 is 2.90 bits per heavy atom. The fourth-order valence-corrected chi connectivity index (χ4v) is 0.618. The highest BCUT2D eigenvalue weighted by Gasteiger charge is 1.93. The van der Waals surface area contributed by atoms with Gasteiger partial charge in [0, 0.05) is 20.0 Å². The molecule has 0 unspecified atom stereocenters. The molecule has 10 heavy (non-hydrogen) atoms. The van der Waals surface area contributed by atoms with Crippen molar-refractivity contribution in [1.29, 1.82) is 0 Å². The van der Waals surface area contributed by atoms with Crippen molar-refractivity contribution < 1.29 is 0 Å². The first kappa shape index (κ1) is 6.74. The van der Waals surface area contributed by atoms with Crippen molar-refractivity contribution in [2.45, 2.75) is 0 Å². The summed E-state index contributed by atoms with van der Waals surface area (Å²) in [5, 5.41) is 5.29. The van der Waals surface area contributed by atoms with Gasteiger partial charge < -0.3 is 0 Å². The Morgan fingerprint density at radius 1 is 1.60 bits per heavy atom. The molecule has 1 rings (SSSR count). The van der Waals surface area contributed by atoms with Gasteiger partial charge in [-0.1, -0.05) is 6.07 Å². The monoisotopic (exact) mass is 135 g/mol. The Hall–Kier alpha value is -1.38. The summed E-state index contributed by atoms with van der Waals surface area (Å²) < 4.78 is 0. The zero-order chi connectivity index (χ0) is 7.40. The van der Waals surface area contributed by atoms with Crippen LogP contribution in [0.15, 0.2) is 29.5 Å². The van der Waals surface area contributed by atoms with Gasteiger partial charge in [0.1, 0.15) is 5.82 Å². The lowest BCUT2D eigenvalue weighted by Gasteiger charge is -2.08. The molecule has 0 aliphatic carbocycles. The molecule has 0 radical (unpaired) electrons. The highest BCUT2D eigenvalue weighted by Crippen LogP contribution is 2.04. The zero-order valence-corrected chi connectivity index (χ0v) is 5.86. The molecule has 1 heterocycles. The molecule has 0 aliphatic rings. The van der Waals surface area contributed by atoms with E-state index in [0.717, 1.165) is 5.82 Å². The maximum Gasteiger partial charge on any atom is 0.148 e. The van der Waals surface area contributed by atoms with Crippen LogP contribution in [0.3, 0.4) is 0 Å². The fraction of sp³-hybridized carbons (Fsp3) is 0.143. The summed E-state index contributed by atoms with van der Waals surface area (Å²) in [5.41, 5.74) is 0. The molecule has 0 bridgehead atoms. The average Bonchev–Trinajstić information content (AvgIpc) is 2.05. The average molecular weight is 135 g/mol. The van der Waals surface area contributed by atoms with Crippen LogP contribution in [0.5, 0.6) is 0 Å². The Bertz CT molecular complexity index is 207. The maximum absolute atomic E-state index is 4.04. The summed E-state index contributed by atoms with van der Waals surface area (Å²) in [6.45, 7) is 3.37. The van der Waals surface area contributed by atoms with Crippen LogP contribution in [0.4, 0.5) is 5.82 Å². The highest BCUT2D eigenvalue weighted by atomic mass is 15.4. The predicted octanol–water partition coefficient (Wildman–Crippen LogP) is 1.13. The normalized spacial score (nSPS) is 8.90. The van der Waals surface area contributed by atoms with Crippen LogP contribution < -0.4 is 5.01 Å². The van der Waals surface area contributed by atoms with Gasteiger partial charge in [0.2, 0.25) is 0 Å². The zero-order valence-electron chi connectivity index (χ0n) is 5.86. The van der Waals surface area contributed by atoms with Crippen LogP contribution in [0.2, 0.25) is 0 Å². The van der Waals surface area contributed by atoms with E-state index in [-0.39, 0.29) is 0 Å². The molecule has 0 aliphatic heterocycles. The van der Waals surface area contributed by atoms with Gasteiger partial charge in [0.25, 0.3) is 0 Å². The summed E-state index contributed by atoms with van der Waals surface area (Å²) in [6.07, 6.45) is 1.72. The maximum atomic E-state index is 4.04. The summed E-state index contributed by atoms with van der Waals surface area (Å²) in [4.78, 5) is 4.04. The molecule has 0 N–H and O–H groups in total. The first-order valence-electron chi connectivity index (χ1n) is 2.96. The molecular formula is C7H9N3. The Kier molecular flexibility index (Phi) is 1.99. The van der Waals surface area contributed by atoms with Crippen LogP contribution in [0.1, 0.15) is 0 Å². The van der Waals surface area contributed by atoms with Crippen LogP contribution in [-0.2, 0) is 0 Å². The van der Waals surface area contributed by atoms with E-state index in [0.29, 0.717) is 0 Å². The van der Waals surface area contributed by atoms with Crippen LogP contribution in [0.25, 0.3) is 0 Å². The molecule has 0 saturated heterocycles. The molecule has 0 fully saturated rings. The minimum atomic E-state index is 0.803. The van der Waals surface area contributed by atoms with Gasteiger partial charge in [-0.2, -0.15) is 5.10 Å². The second-order valence-corrected chi connectivity index (χ2v) is 1.85. The molecule has 3 heteroatoms. The van der Waals surface area contributed by atoms with Gasteiger partial charge in [-0.3, -0.25) is 5.01 Å². The van der Waals surface area contributed by atoms with E-state index < -0.39 is 0 Å². The van der Waals surface area contributed by atoms with Crippen molar-refractivity contribution in [2.24, 2.45) is 5.10 Å². The van der Waals surface area contributed by atoms with Crippen molar-refractivity contribution in [3.8, 4) is 0 Å². The van der Waals surface area contributed by atoms with Gasteiger partial charge in [0.05, 0.1) is 0 Å². The minimum absolute atomic E-state index is 0.803. The van der Waals surface area contributed by atoms with E-state index in [1.165, 1.54) is 0 Å². The van der Waals surface area contributed by atoms with Gasteiger partial charge in [-0.15, -0.1) is 0 Å². The smallest absolute Gasteiger partial charge is 0.148 e. The molecule has 1 aromatic rings. The van der Waals surface area contributed by atoms with E-state index >= 15 is 0 Å². The molecule has 0 spiro atoms. The standard InChI is InChI=1S/C7H9N3/c1-8-10(2)7-5-3-4-6-9-7/h3-6H,1H2,2H3. The van der Waals surface area contributed by atoms with Crippen molar-refractivity contribution >= 4 is 12.5 Å². The third kappa shape index (κ3) is 1.31. The molecule has 52 valence electrons. The molecule has 1 aromatic heterocycles. The predicted molar refractivity (Wildman–Crippen MR) is 42.2 cm³/mol. The summed E-state index contributed by atoms with van der Waals surface area (Å²) in [7, 11) is 1.80. The Labute approximate surface area is 60.0 Å². The molecule has 0 amide bonds. The van der Waals surface area contributed by atoms with E-state index in [1.54, 1.807) is 18.3 Å². The summed E-state index contributed by atoms with van der Waals surface area (Å²) >= 11 is 0. The number of aromatic nitrogens is 1. The van der Waals surface area contributed by atoms with E-state index in [1.807, 2.05) is 18.2 Å². The second-order valence-electron chi connectivity index (χ2n) is 1.85. The molecular weight excluding hydrogens is 126 g/mol. The fourth-order valence-electron chi connectivity index (χ4n) is 0.618. The number of nitrogens with zero attached hydrogens (tertiary/aromatic N) is 3. The Morgan fingerprint density at radius 2 is 2.40 bits per heavy atom. The number of rotatable bonds is 2. The van der Waals surface area contributed by atoms with E-state index in [4.69, 9.17) is 0 Å².